The summed E-state index contributed by atoms with van der Waals surface area (Å²) in [6.45, 7) is 2.26. The second-order valence-electron chi connectivity index (χ2n) is 4.41. The van der Waals surface area contributed by atoms with Gasteiger partial charge in [0.25, 0.3) is 0 Å². The van der Waals surface area contributed by atoms with E-state index in [0.29, 0.717) is 12.2 Å². The molecule has 0 saturated carbocycles. The minimum Gasteiger partial charge on any atom is -0.350 e. The van der Waals surface area contributed by atoms with Crippen molar-refractivity contribution in [2.24, 2.45) is 0 Å². The molecule has 0 aromatic heterocycles. The molecule has 104 valence electrons. The number of benzene rings is 1. The molecule has 0 spiro atoms. The average molecular weight is 268 g/mol. The third kappa shape index (κ3) is 3.90. The highest BCUT2D eigenvalue weighted by molar-refractivity contribution is 5.88. The van der Waals surface area contributed by atoms with Crippen LogP contribution < -0.4 is 10.8 Å². The van der Waals surface area contributed by atoms with Gasteiger partial charge in [-0.15, -0.1) is 0 Å². The van der Waals surface area contributed by atoms with Crippen LogP contribution in [0.3, 0.4) is 0 Å². The van der Waals surface area contributed by atoms with E-state index in [1.165, 1.54) is 6.07 Å². The molecule has 1 fully saturated rings. The van der Waals surface area contributed by atoms with Crippen molar-refractivity contribution in [2.45, 2.75) is 32.5 Å². The molecule has 2 N–H and O–H groups in total. The summed E-state index contributed by atoms with van der Waals surface area (Å²) in [7, 11) is 0. The molecule has 1 heterocycles. The van der Waals surface area contributed by atoms with Crippen molar-refractivity contribution in [2.75, 3.05) is 11.9 Å². The fourth-order valence-corrected chi connectivity index (χ4v) is 1.82. The lowest BCUT2D eigenvalue weighted by atomic mass is 10.2. The summed E-state index contributed by atoms with van der Waals surface area (Å²) in [4.78, 5) is 16.6. The standard InChI is InChI=1S/C13H17FN2O3/c1-9-5-4-6-10(12(9)14)15-13(17)16-19-11-7-2-3-8-18-11/h4-6,11H,2-3,7-8H2,1H3,(H2,15,16,17). The fraction of sp³-hybridized carbons (Fsp3) is 0.462. The summed E-state index contributed by atoms with van der Waals surface area (Å²) in [5.41, 5.74) is 2.79. The van der Waals surface area contributed by atoms with Crippen LogP contribution in [0.15, 0.2) is 18.2 Å². The summed E-state index contributed by atoms with van der Waals surface area (Å²) >= 11 is 0. The number of anilines is 1. The van der Waals surface area contributed by atoms with Crippen molar-refractivity contribution < 1.29 is 18.8 Å². The van der Waals surface area contributed by atoms with Gasteiger partial charge >= 0.3 is 6.03 Å². The molecule has 5 nitrogen and oxygen atoms in total. The average Bonchev–Trinajstić information content (AvgIpc) is 2.43. The van der Waals surface area contributed by atoms with Gasteiger partial charge in [0.1, 0.15) is 5.82 Å². The van der Waals surface area contributed by atoms with Gasteiger partial charge in [-0.2, -0.15) is 0 Å². The third-order valence-corrected chi connectivity index (χ3v) is 2.86. The Morgan fingerprint density at radius 1 is 1.47 bits per heavy atom. The molecular weight excluding hydrogens is 251 g/mol. The molecule has 19 heavy (non-hydrogen) atoms. The van der Waals surface area contributed by atoms with Crippen LogP contribution in [0, 0.1) is 12.7 Å². The van der Waals surface area contributed by atoms with Crippen LogP contribution in [0.1, 0.15) is 24.8 Å². The van der Waals surface area contributed by atoms with Gasteiger partial charge in [0.05, 0.1) is 5.69 Å². The van der Waals surface area contributed by atoms with Crippen molar-refractivity contribution in [1.82, 2.24) is 5.48 Å². The molecule has 1 aromatic carbocycles. The summed E-state index contributed by atoms with van der Waals surface area (Å²) in [5, 5.41) is 2.39. The van der Waals surface area contributed by atoms with E-state index in [1.807, 2.05) is 0 Å². The zero-order valence-electron chi connectivity index (χ0n) is 10.7. The van der Waals surface area contributed by atoms with E-state index in [9.17, 15) is 9.18 Å². The Kier molecular flexibility index (Phi) is 4.70. The quantitative estimate of drug-likeness (QED) is 0.829. The monoisotopic (exact) mass is 268 g/mol. The maximum Gasteiger partial charge on any atom is 0.343 e. The number of rotatable bonds is 3. The number of hydrogen-bond donors (Lipinski definition) is 2. The molecular formula is C13H17FN2O3. The van der Waals surface area contributed by atoms with E-state index in [-0.39, 0.29) is 5.69 Å². The predicted octanol–water partition coefficient (Wildman–Crippen LogP) is 2.71. The Morgan fingerprint density at radius 3 is 3.05 bits per heavy atom. The highest BCUT2D eigenvalue weighted by atomic mass is 19.1. The lowest BCUT2D eigenvalue weighted by molar-refractivity contribution is -0.185. The predicted molar refractivity (Wildman–Crippen MR) is 68.0 cm³/mol. The largest absolute Gasteiger partial charge is 0.350 e. The van der Waals surface area contributed by atoms with Crippen molar-refractivity contribution in [3.63, 3.8) is 0 Å². The van der Waals surface area contributed by atoms with Crippen LogP contribution in [0.5, 0.6) is 0 Å². The zero-order valence-corrected chi connectivity index (χ0v) is 10.7. The van der Waals surface area contributed by atoms with Crippen LogP contribution in [-0.2, 0) is 9.57 Å². The lowest BCUT2D eigenvalue weighted by Gasteiger charge is -2.22. The van der Waals surface area contributed by atoms with Gasteiger partial charge in [0.15, 0.2) is 6.29 Å². The number of urea groups is 1. The Balaban J connectivity index is 1.82. The van der Waals surface area contributed by atoms with E-state index in [2.05, 4.69) is 10.8 Å². The molecule has 1 atom stereocenters. The summed E-state index contributed by atoms with van der Waals surface area (Å²) < 4.78 is 18.9. The molecule has 0 aliphatic carbocycles. The highest BCUT2D eigenvalue weighted by Crippen LogP contribution is 2.17. The molecule has 2 amide bonds. The number of ether oxygens (including phenoxy) is 1. The summed E-state index contributed by atoms with van der Waals surface area (Å²) in [6.07, 6.45) is 2.31. The Morgan fingerprint density at radius 2 is 2.32 bits per heavy atom. The number of aryl methyl sites for hydroxylation is 1. The molecule has 1 saturated heterocycles. The third-order valence-electron chi connectivity index (χ3n) is 2.86. The molecule has 6 heteroatoms. The van der Waals surface area contributed by atoms with Gasteiger partial charge in [-0.3, -0.25) is 0 Å². The number of carbonyl (C=O) groups is 1. The van der Waals surface area contributed by atoms with E-state index < -0.39 is 18.1 Å². The summed E-state index contributed by atoms with van der Waals surface area (Å²) in [5.74, 6) is -0.452. The van der Waals surface area contributed by atoms with Crippen LogP contribution in [0.4, 0.5) is 14.9 Å². The van der Waals surface area contributed by atoms with E-state index in [0.717, 1.165) is 19.3 Å². The number of hydroxylamine groups is 1. The van der Waals surface area contributed by atoms with E-state index >= 15 is 0 Å². The van der Waals surface area contributed by atoms with Gasteiger partial charge in [0.2, 0.25) is 0 Å². The number of amides is 2. The van der Waals surface area contributed by atoms with Gasteiger partial charge in [-0.1, -0.05) is 12.1 Å². The first kappa shape index (κ1) is 13.8. The Bertz CT molecular complexity index is 448. The first-order valence-corrected chi connectivity index (χ1v) is 6.26. The lowest BCUT2D eigenvalue weighted by Crippen LogP contribution is -2.35. The van der Waals surface area contributed by atoms with Crippen LogP contribution in [-0.4, -0.2) is 18.9 Å². The van der Waals surface area contributed by atoms with Crippen molar-refractivity contribution in [3.05, 3.63) is 29.6 Å². The normalized spacial score (nSPS) is 18.9. The van der Waals surface area contributed by atoms with Crippen molar-refractivity contribution >= 4 is 11.7 Å². The zero-order chi connectivity index (χ0) is 13.7. The molecule has 1 aliphatic heterocycles. The fourth-order valence-electron chi connectivity index (χ4n) is 1.82. The van der Waals surface area contributed by atoms with Crippen LogP contribution >= 0.6 is 0 Å². The Labute approximate surface area is 111 Å². The minimum atomic E-state index is -0.626. The topological polar surface area (TPSA) is 59.6 Å². The van der Waals surface area contributed by atoms with E-state index in [4.69, 9.17) is 9.57 Å². The van der Waals surface area contributed by atoms with Gasteiger partial charge in [-0.25, -0.2) is 19.5 Å². The molecule has 1 unspecified atom stereocenters. The minimum absolute atomic E-state index is 0.116. The van der Waals surface area contributed by atoms with Crippen molar-refractivity contribution in [1.29, 1.82) is 0 Å². The maximum absolute atomic E-state index is 13.6. The maximum atomic E-state index is 13.6. The first-order chi connectivity index (χ1) is 9.16. The number of carbonyl (C=O) groups excluding carboxylic acids is 1. The smallest absolute Gasteiger partial charge is 0.343 e. The SMILES string of the molecule is Cc1cccc(NC(=O)NOC2CCCCO2)c1F. The first-order valence-electron chi connectivity index (χ1n) is 6.26. The number of nitrogens with one attached hydrogen (secondary N) is 2. The number of halogens is 1. The molecule has 0 bridgehead atoms. The van der Waals surface area contributed by atoms with Crippen molar-refractivity contribution in [3.8, 4) is 0 Å². The van der Waals surface area contributed by atoms with Crippen LogP contribution in [0.25, 0.3) is 0 Å². The second kappa shape index (κ2) is 6.49. The van der Waals surface area contributed by atoms with Crippen LogP contribution in [0.2, 0.25) is 0 Å². The number of hydrogen-bond acceptors (Lipinski definition) is 3. The summed E-state index contributed by atoms with van der Waals surface area (Å²) in [6, 6.07) is 4.15. The molecule has 0 radical (unpaired) electrons. The molecule has 1 aliphatic rings. The molecule has 2 rings (SSSR count). The highest BCUT2D eigenvalue weighted by Gasteiger charge is 2.16. The second-order valence-corrected chi connectivity index (χ2v) is 4.41. The van der Waals surface area contributed by atoms with Gasteiger partial charge in [-0.05, 0) is 31.4 Å². The van der Waals surface area contributed by atoms with Gasteiger partial charge in [0, 0.05) is 13.0 Å². The molecule has 1 aromatic rings. The van der Waals surface area contributed by atoms with Gasteiger partial charge < -0.3 is 10.1 Å². The van der Waals surface area contributed by atoms with E-state index in [1.54, 1.807) is 19.1 Å². The Hall–Kier alpha value is -1.66.